The van der Waals surface area contributed by atoms with Crippen molar-refractivity contribution in [2.45, 2.75) is 134 Å². The minimum atomic E-state index is -2.01. The van der Waals surface area contributed by atoms with E-state index in [9.17, 15) is 9.59 Å². The van der Waals surface area contributed by atoms with Crippen molar-refractivity contribution in [1.82, 2.24) is 0 Å². The van der Waals surface area contributed by atoms with E-state index in [4.69, 9.17) is 25.5 Å². The van der Waals surface area contributed by atoms with Gasteiger partial charge in [0.25, 0.3) is 0 Å². The zero-order valence-electron chi connectivity index (χ0n) is 26.1. The van der Waals surface area contributed by atoms with Gasteiger partial charge in [-0.3, -0.25) is 9.59 Å². The fourth-order valence-electron chi connectivity index (χ4n) is 5.32. The van der Waals surface area contributed by atoms with E-state index in [1.807, 2.05) is 0 Å². The van der Waals surface area contributed by atoms with Gasteiger partial charge in [0.05, 0.1) is 13.2 Å². The first-order chi connectivity index (χ1) is 18.8. The Labute approximate surface area is 249 Å². The maximum Gasteiger partial charge on any atom is 0.305 e. The number of rotatable bonds is 15. The van der Waals surface area contributed by atoms with Crippen LogP contribution in [0.25, 0.3) is 0 Å². The summed E-state index contributed by atoms with van der Waals surface area (Å²) in [6.45, 7) is 15.1. The van der Waals surface area contributed by atoms with Crippen LogP contribution in [0.3, 0.4) is 0 Å². The van der Waals surface area contributed by atoms with Crippen LogP contribution >= 0.6 is 11.6 Å². The highest BCUT2D eigenvalue weighted by Crippen LogP contribution is 2.49. The molecule has 0 amide bonds. The normalized spacial score (nSPS) is 22.4. The molecule has 1 aromatic rings. The van der Waals surface area contributed by atoms with Crippen LogP contribution in [-0.4, -0.2) is 38.8 Å². The molecule has 0 spiro atoms. The predicted octanol–water partition coefficient (Wildman–Crippen LogP) is 9.26. The molecular formula is C33H53ClO5Si. The van der Waals surface area contributed by atoms with Crippen molar-refractivity contribution >= 4 is 31.9 Å². The zero-order chi connectivity index (χ0) is 29.9. The van der Waals surface area contributed by atoms with E-state index in [-0.39, 0.29) is 46.4 Å². The molecule has 0 aromatic heterocycles. The summed E-state index contributed by atoms with van der Waals surface area (Å²) in [6.07, 6.45) is 12.1. The summed E-state index contributed by atoms with van der Waals surface area (Å²) in [5.41, 5.74) is 2.27. The Morgan fingerprint density at radius 2 is 1.77 bits per heavy atom. The number of unbranched alkanes of at least 4 members (excludes halogenated alkanes) is 3. The van der Waals surface area contributed by atoms with Crippen molar-refractivity contribution in [2.75, 3.05) is 7.11 Å². The highest BCUT2D eigenvalue weighted by molar-refractivity contribution is 6.74. The average Bonchev–Trinajstić information content (AvgIpc) is 3.18. The third-order valence-electron chi connectivity index (χ3n) is 8.66. The molecule has 0 radical (unpaired) electrons. The fourth-order valence-corrected chi connectivity index (χ4v) is 7.11. The van der Waals surface area contributed by atoms with Crippen molar-refractivity contribution < 1.29 is 23.5 Å². The summed E-state index contributed by atoms with van der Waals surface area (Å²) in [4.78, 5) is 23.2. The Hall–Kier alpha value is -1.63. The van der Waals surface area contributed by atoms with Crippen molar-refractivity contribution in [3.63, 3.8) is 0 Å². The van der Waals surface area contributed by atoms with Crippen LogP contribution in [0.15, 0.2) is 36.4 Å². The molecule has 1 aromatic carbocycles. The van der Waals surface area contributed by atoms with E-state index in [1.165, 1.54) is 19.6 Å². The molecule has 2 unspecified atom stereocenters. The maximum absolute atomic E-state index is 11.8. The summed E-state index contributed by atoms with van der Waals surface area (Å²) in [5.74, 6) is 0.0127. The molecule has 7 heteroatoms. The Bertz CT molecular complexity index is 953. The number of esters is 2. The molecule has 40 heavy (non-hydrogen) atoms. The molecule has 1 saturated carbocycles. The van der Waals surface area contributed by atoms with Gasteiger partial charge in [0.2, 0.25) is 0 Å². The van der Waals surface area contributed by atoms with E-state index in [2.05, 4.69) is 77.2 Å². The largest absolute Gasteiger partial charge is 0.469 e. The molecule has 0 saturated heterocycles. The number of hydrogen-bond acceptors (Lipinski definition) is 5. The Kier molecular flexibility index (Phi) is 13.9. The van der Waals surface area contributed by atoms with E-state index in [1.54, 1.807) is 0 Å². The summed E-state index contributed by atoms with van der Waals surface area (Å²) in [7, 11) is -0.584. The van der Waals surface area contributed by atoms with Crippen LogP contribution < -0.4 is 0 Å². The summed E-state index contributed by atoms with van der Waals surface area (Å²) < 4.78 is 17.5. The SMILES string of the molecule is CCCCCC(OC(C)=O)c1ccc([C@@H]2C(C/C=C\CCCC(=O)OC)[C@H](Cl)C[C@@H]2O[Si](C)(C)C(C)(C)C)cc1. The smallest absolute Gasteiger partial charge is 0.305 e. The maximum atomic E-state index is 11.8. The number of allylic oxidation sites excluding steroid dienone is 2. The van der Waals surface area contributed by atoms with E-state index in [0.29, 0.717) is 6.42 Å². The monoisotopic (exact) mass is 592 g/mol. The van der Waals surface area contributed by atoms with Gasteiger partial charge >= 0.3 is 11.9 Å². The molecule has 0 bridgehead atoms. The molecule has 0 N–H and O–H groups in total. The van der Waals surface area contributed by atoms with Gasteiger partial charge in [0, 0.05) is 24.6 Å². The molecule has 2 rings (SSSR count). The topological polar surface area (TPSA) is 61.8 Å². The van der Waals surface area contributed by atoms with Crippen LogP contribution in [-0.2, 0) is 23.5 Å². The minimum Gasteiger partial charge on any atom is -0.469 e. The quantitative estimate of drug-likeness (QED) is 0.0667. The first kappa shape index (κ1) is 34.6. The summed E-state index contributed by atoms with van der Waals surface area (Å²) in [6, 6.07) is 8.64. The van der Waals surface area contributed by atoms with Gasteiger partial charge in [-0.25, -0.2) is 0 Å². The molecule has 1 fully saturated rings. The molecule has 1 aliphatic carbocycles. The zero-order valence-corrected chi connectivity index (χ0v) is 27.9. The van der Waals surface area contributed by atoms with Crippen molar-refractivity contribution in [2.24, 2.45) is 5.92 Å². The molecular weight excluding hydrogens is 540 g/mol. The van der Waals surface area contributed by atoms with E-state index < -0.39 is 8.32 Å². The van der Waals surface area contributed by atoms with Gasteiger partial charge < -0.3 is 13.9 Å². The number of alkyl halides is 1. The molecule has 0 heterocycles. The third-order valence-corrected chi connectivity index (χ3v) is 13.7. The Balaban J connectivity index is 2.29. The van der Waals surface area contributed by atoms with Gasteiger partial charge in [0.15, 0.2) is 8.32 Å². The second-order valence-electron chi connectivity index (χ2n) is 12.8. The standard InChI is InChI=1S/C33H53ClO5Si/c1-9-10-13-17-29(38-24(2)35)25-19-21-26(22-20-25)32-27(16-14-11-12-15-18-31(36)37-6)28(34)23-30(32)39-40(7,8)33(3,4)5/h11,14,19-22,27-30,32H,9-10,12-13,15-18,23H2,1-8H3/b14-11-/t27?,28-,29?,30+,32-/m1/s1. The van der Waals surface area contributed by atoms with Crippen LogP contribution in [0.1, 0.15) is 116 Å². The fraction of sp³-hybridized carbons (Fsp3) is 0.697. The van der Waals surface area contributed by atoms with Gasteiger partial charge in [-0.2, -0.15) is 0 Å². The Morgan fingerprint density at radius 1 is 1.10 bits per heavy atom. The second kappa shape index (κ2) is 16.1. The van der Waals surface area contributed by atoms with Gasteiger partial charge in [-0.15, -0.1) is 11.6 Å². The number of methoxy groups -OCH3 is 1. The highest BCUT2D eigenvalue weighted by atomic mass is 35.5. The number of ether oxygens (including phenoxy) is 2. The number of hydrogen-bond donors (Lipinski definition) is 0. The number of carbonyl (C=O) groups excluding carboxylic acids is 2. The molecule has 5 atom stereocenters. The van der Waals surface area contributed by atoms with Crippen molar-refractivity contribution in [3.8, 4) is 0 Å². The molecule has 1 aliphatic rings. The van der Waals surface area contributed by atoms with Crippen LogP contribution in [0.2, 0.25) is 18.1 Å². The molecule has 5 nitrogen and oxygen atoms in total. The van der Waals surface area contributed by atoms with Crippen LogP contribution in [0.4, 0.5) is 0 Å². The predicted molar refractivity (Wildman–Crippen MR) is 167 cm³/mol. The van der Waals surface area contributed by atoms with Crippen LogP contribution in [0.5, 0.6) is 0 Å². The van der Waals surface area contributed by atoms with Crippen LogP contribution in [0, 0.1) is 5.92 Å². The summed E-state index contributed by atoms with van der Waals surface area (Å²) in [5, 5.41) is 0.123. The van der Waals surface area contributed by atoms with Gasteiger partial charge in [-0.1, -0.05) is 77.0 Å². The summed E-state index contributed by atoms with van der Waals surface area (Å²) >= 11 is 7.05. The molecule has 0 aliphatic heterocycles. The van der Waals surface area contributed by atoms with E-state index >= 15 is 0 Å². The van der Waals surface area contributed by atoms with E-state index in [0.717, 1.165) is 56.9 Å². The molecule has 226 valence electrons. The average molecular weight is 593 g/mol. The Morgan fingerprint density at radius 3 is 2.35 bits per heavy atom. The minimum absolute atomic E-state index is 0.0157. The number of benzene rings is 1. The van der Waals surface area contributed by atoms with Gasteiger partial charge in [-0.05, 0) is 73.7 Å². The second-order valence-corrected chi connectivity index (χ2v) is 18.1. The highest BCUT2D eigenvalue weighted by Gasteiger charge is 2.48. The first-order valence-corrected chi connectivity index (χ1v) is 18.5. The van der Waals surface area contributed by atoms with Crippen molar-refractivity contribution in [1.29, 1.82) is 0 Å². The number of carbonyl (C=O) groups is 2. The third kappa shape index (κ3) is 10.3. The lowest BCUT2D eigenvalue weighted by Crippen LogP contribution is -2.44. The lowest BCUT2D eigenvalue weighted by Gasteiger charge is -2.40. The van der Waals surface area contributed by atoms with Crippen molar-refractivity contribution in [3.05, 3.63) is 47.5 Å². The first-order valence-electron chi connectivity index (χ1n) is 15.1. The lowest BCUT2D eigenvalue weighted by molar-refractivity contribution is -0.147. The lowest BCUT2D eigenvalue weighted by atomic mass is 9.84. The van der Waals surface area contributed by atoms with Gasteiger partial charge in [0.1, 0.15) is 6.10 Å². The number of halogens is 1.